The van der Waals surface area contributed by atoms with Gasteiger partial charge < -0.3 is 9.84 Å². The number of hydrogen-bond acceptors (Lipinski definition) is 3. The van der Waals surface area contributed by atoms with Crippen LogP contribution in [0.1, 0.15) is 64.5 Å². The summed E-state index contributed by atoms with van der Waals surface area (Å²) < 4.78 is 5.39. The zero-order chi connectivity index (χ0) is 21.8. The molecule has 0 aliphatic heterocycles. The maximum atomic E-state index is 12.4. The minimum absolute atomic E-state index is 0.381. The lowest BCUT2D eigenvalue weighted by atomic mass is 9.67. The summed E-state index contributed by atoms with van der Waals surface area (Å²) in [6, 6.07) is 16.6. The summed E-state index contributed by atoms with van der Waals surface area (Å²) in [6.45, 7) is 11.4. The summed E-state index contributed by atoms with van der Waals surface area (Å²) in [5.41, 5.74) is 1.04. The van der Waals surface area contributed by atoms with Crippen LogP contribution in [0.25, 0.3) is 0 Å². The average molecular weight is 398 g/mol. The van der Waals surface area contributed by atoms with Crippen molar-refractivity contribution in [3.8, 4) is 0 Å². The summed E-state index contributed by atoms with van der Waals surface area (Å²) in [6.07, 6.45) is -0.566. The summed E-state index contributed by atoms with van der Waals surface area (Å²) in [5.74, 6) is -2.05. The van der Waals surface area contributed by atoms with Crippen molar-refractivity contribution < 1.29 is 19.4 Å². The third-order valence-electron chi connectivity index (χ3n) is 4.62. The summed E-state index contributed by atoms with van der Waals surface area (Å²) in [5, 5.41) is 12.9. The van der Waals surface area contributed by atoms with Crippen molar-refractivity contribution >= 4 is 17.7 Å². The smallest absolute Gasteiger partial charge is 0.412 e. The Hall–Kier alpha value is -2.82. The molecule has 2 aromatic carbocycles. The van der Waals surface area contributed by atoms with Gasteiger partial charge in [0.25, 0.3) is 0 Å². The standard InChI is InChI=1S/C24H31NO4/c1-23(2,3)20(19(21(26)27)16-12-8-7-9-13-16)17-14-10-11-15-18(17)25-22(28)29-24(4,5)6/h7-15,19-20H,1-6H3,(H,25,28)(H,26,27)/t19-,20+/m0/s1. The molecule has 29 heavy (non-hydrogen) atoms. The van der Waals surface area contributed by atoms with E-state index in [2.05, 4.69) is 5.32 Å². The van der Waals surface area contributed by atoms with Gasteiger partial charge in [0.1, 0.15) is 5.60 Å². The zero-order valence-electron chi connectivity index (χ0n) is 18.0. The van der Waals surface area contributed by atoms with Crippen LogP contribution in [0, 0.1) is 5.41 Å². The first-order valence-corrected chi connectivity index (χ1v) is 9.77. The van der Waals surface area contributed by atoms with E-state index in [1.807, 2.05) is 69.3 Å². The minimum atomic E-state index is -0.900. The van der Waals surface area contributed by atoms with Crippen LogP contribution in [-0.2, 0) is 9.53 Å². The fourth-order valence-corrected chi connectivity index (χ4v) is 3.58. The van der Waals surface area contributed by atoms with Crippen molar-refractivity contribution in [1.29, 1.82) is 0 Å². The third-order valence-corrected chi connectivity index (χ3v) is 4.62. The van der Waals surface area contributed by atoms with Crippen LogP contribution in [-0.4, -0.2) is 22.8 Å². The van der Waals surface area contributed by atoms with Crippen molar-refractivity contribution in [1.82, 2.24) is 0 Å². The van der Waals surface area contributed by atoms with Crippen molar-refractivity contribution in [2.45, 2.75) is 59.0 Å². The highest BCUT2D eigenvalue weighted by Crippen LogP contribution is 2.47. The van der Waals surface area contributed by atoms with E-state index in [4.69, 9.17) is 4.74 Å². The molecule has 5 nitrogen and oxygen atoms in total. The zero-order valence-corrected chi connectivity index (χ0v) is 18.0. The number of carbonyl (C=O) groups is 2. The first-order chi connectivity index (χ1) is 13.4. The molecular formula is C24H31NO4. The molecule has 0 unspecified atom stereocenters. The number of carboxylic acid groups (broad SMARTS) is 1. The van der Waals surface area contributed by atoms with Gasteiger partial charge in [-0.25, -0.2) is 4.79 Å². The van der Waals surface area contributed by atoms with Gasteiger partial charge in [0.2, 0.25) is 0 Å². The Morgan fingerprint density at radius 1 is 0.897 bits per heavy atom. The van der Waals surface area contributed by atoms with Crippen LogP contribution in [0.15, 0.2) is 54.6 Å². The molecule has 156 valence electrons. The van der Waals surface area contributed by atoms with E-state index in [0.717, 1.165) is 11.1 Å². The number of benzene rings is 2. The van der Waals surface area contributed by atoms with Crippen LogP contribution >= 0.6 is 0 Å². The molecule has 0 spiro atoms. The largest absolute Gasteiger partial charge is 0.481 e. The Morgan fingerprint density at radius 3 is 1.97 bits per heavy atom. The quantitative estimate of drug-likeness (QED) is 0.646. The van der Waals surface area contributed by atoms with Crippen LogP contribution in [0.5, 0.6) is 0 Å². The van der Waals surface area contributed by atoms with Gasteiger partial charge in [-0.1, -0.05) is 69.3 Å². The number of ether oxygens (including phenoxy) is 1. The Balaban J connectivity index is 2.54. The average Bonchev–Trinajstić information content (AvgIpc) is 2.58. The van der Waals surface area contributed by atoms with Gasteiger partial charge in [0.05, 0.1) is 5.92 Å². The first kappa shape index (κ1) is 22.5. The van der Waals surface area contributed by atoms with Gasteiger partial charge >= 0.3 is 12.1 Å². The van der Waals surface area contributed by atoms with Gasteiger partial charge in [-0.2, -0.15) is 0 Å². The lowest BCUT2D eigenvalue weighted by Gasteiger charge is -2.37. The predicted molar refractivity (Wildman–Crippen MR) is 115 cm³/mol. The Labute approximate surface area is 173 Å². The normalized spacial score (nSPS) is 14.0. The molecule has 0 radical (unpaired) electrons. The van der Waals surface area contributed by atoms with E-state index in [9.17, 15) is 14.7 Å². The number of hydrogen-bond donors (Lipinski definition) is 2. The van der Waals surface area contributed by atoms with Gasteiger partial charge in [-0.15, -0.1) is 0 Å². The van der Waals surface area contributed by atoms with E-state index in [-0.39, 0.29) is 11.3 Å². The van der Waals surface area contributed by atoms with Gasteiger partial charge in [0, 0.05) is 11.6 Å². The summed E-state index contributed by atoms with van der Waals surface area (Å²) in [7, 11) is 0. The van der Waals surface area contributed by atoms with Crippen LogP contribution in [0.3, 0.4) is 0 Å². The molecule has 2 aromatic rings. The monoisotopic (exact) mass is 397 g/mol. The lowest BCUT2D eigenvalue weighted by Crippen LogP contribution is -2.32. The minimum Gasteiger partial charge on any atom is -0.481 e. The maximum Gasteiger partial charge on any atom is 0.412 e. The topological polar surface area (TPSA) is 75.6 Å². The number of anilines is 1. The molecule has 0 heterocycles. The molecule has 2 N–H and O–H groups in total. The van der Waals surface area contributed by atoms with Crippen LogP contribution < -0.4 is 5.32 Å². The number of carboxylic acids is 1. The number of carbonyl (C=O) groups excluding carboxylic acids is 1. The van der Waals surface area contributed by atoms with E-state index < -0.39 is 23.6 Å². The van der Waals surface area contributed by atoms with E-state index in [1.165, 1.54) is 0 Å². The summed E-state index contributed by atoms with van der Waals surface area (Å²) in [4.78, 5) is 24.7. The molecule has 2 rings (SSSR count). The molecule has 0 bridgehead atoms. The highest BCUT2D eigenvalue weighted by molar-refractivity contribution is 5.87. The number of nitrogens with one attached hydrogen (secondary N) is 1. The molecule has 5 heteroatoms. The third kappa shape index (κ3) is 6.08. The highest BCUT2D eigenvalue weighted by atomic mass is 16.6. The second-order valence-electron chi connectivity index (χ2n) is 9.28. The number of amides is 1. The molecule has 0 fully saturated rings. The predicted octanol–water partition coefficient (Wildman–Crippen LogP) is 6.03. The molecule has 0 aromatic heterocycles. The molecule has 1 amide bonds. The lowest BCUT2D eigenvalue weighted by molar-refractivity contribution is -0.140. The molecule has 0 saturated carbocycles. The van der Waals surface area contributed by atoms with Gasteiger partial charge in [0.15, 0.2) is 0 Å². The number of rotatable bonds is 5. The van der Waals surface area contributed by atoms with Gasteiger partial charge in [-0.3, -0.25) is 10.1 Å². The van der Waals surface area contributed by atoms with Crippen molar-refractivity contribution in [3.63, 3.8) is 0 Å². The van der Waals surface area contributed by atoms with Gasteiger partial charge in [-0.05, 0) is 43.4 Å². The van der Waals surface area contributed by atoms with E-state index in [0.29, 0.717) is 5.69 Å². The Kier molecular flexibility index (Phi) is 6.73. The maximum absolute atomic E-state index is 12.4. The molecule has 0 aliphatic carbocycles. The van der Waals surface area contributed by atoms with Crippen molar-refractivity contribution in [3.05, 3.63) is 65.7 Å². The van der Waals surface area contributed by atoms with E-state index in [1.54, 1.807) is 26.8 Å². The van der Waals surface area contributed by atoms with Crippen LogP contribution in [0.2, 0.25) is 0 Å². The molecule has 2 atom stereocenters. The molecule has 0 aliphatic rings. The SMILES string of the molecule is CC(C)(C)OC(=O)Nc1ccccc1[C@H]([C@@H](C(=O)O)c1ccccc1)C(C)(C)C. The van der Waals surface area contributed by atoms with E-state index >= 15 is 0 Å². The fourth-order valence-electron chi connectivity index (χ4n) is 3.58. The van der Waals surface area contributed by atoms with Crippen LogP contribution in [0.4, 0.5) is 10.5 Å². The fraction of sp³-hybridized carbons (Fsp3) is 0.417. The number of aliphatic carboxylic acids is 1. The molecule has 0 saturated heterocycles. The van der Waals surface area contributed by atoms with Crippen molar-refractivity contribution in [2.24, 2.45) is 5.41 Å². The highest BCUT2D eigenvalue weighted by Gasteiger charge is 2.40. The first-order valence-electron chi connectivity index (χ1n) is 9.77. The second-order valence-corrected chi connectivity index (χ2v) is 9.28. The second kappa shape index (κ2) is 8.68. The molecular weight excluding hydrogens is 366 g/mol. The Morgan fingerprint density at radius 2 is 1.45 bits per heavy atom. The summed E-state index contributed by atoms with van der Waals surface area (Å²) >= 11 is 0. The Bertz CT molecular complexity index is 847. The number of para-hydroxylation sites is 1. The van der Waals surface area contributed by atoms with Crippen molar-refractivity contribution in [2.75, 3.05) is 5.32 Å².